The highest BCUT2D eigenvalue weighted by molar-refractivity contribution is 5.79. The highest BCUT2D eigenvalue weighted by Gasteiger charge is 2.24. The highest BCUT2D eigenvalue weighted by atomic mass is 16.5. The average Bonchev–Trinajstić information content (AvgIpc) is 2.64. The van der Waals surface area contributed by atoms with Crippen LogP contribution in [0.5, 0.6) is 11.5 Å². The van der Waals surface area contributed by atoms with E-state index in [4.69, 9.17) is 9.47 Å². The Morgan fingerprint density at radius 2 is 2.00 bits per heavy atom. The van der Waals surface area contributed by atoms with Crippen molar-refractivity contribution in [2.75, 3.05) is 20.2 Å². The molecular weight excluding hydrogens is 316 g/mol. The van der Waals surface area contributed by atoms with Gasteiger partial charge in [-0.3, -0.25) is 9.78 Å². The van der Waals surface area contributed by atoms with Gasteiger partial charge in [-0.25, -0.2) is 0 Å². The van der Waals surface area contributed by atoms with Crippen LogP contribution >= 0.6 is 0 Å². The zero-order chi connectivity index (χ0) is 17.6. The fraction of sp³-hybridized carbons (Fsp3) is 0.400. The Labute approximate surface area is 148 Å². The molecular formula is C20H24N2O3. The van der Waals surface area contributed by atoms with E-state index in [9.17, 15) is 4.79 Å². The minimum atomic E-state index is 0.144. The summed E-state index contributed by atoms with van der Waals surface area (Å²) in [6.45, 7) is 3.41. The van der Waals surface area contributed by atoms with E-state index in [0.717, 1.165) is 48.7 Å². The Morgan fingerprint density at radius 1 is 1.20 bits per heavy atom. The summed E-state index contributed by atoms with van der Waals surface area (Å²) in [5, 5.41) is 0. The van der Waals surface area contributed by atoms with Gasteiger partial charge in [-0.1, -0.05) is 12.1 Å². The van der Waals surface area contributed by atoms with Crippen molar-refractivity contribution in [3.8, 4) is 11.5 Å². The van der Waals surface area contributed by atoms with E-state index in [1.807, 2.05) is 48.2 Å². The molecule has 5 nitrogen and oxygen atoms in total. The first-order valence-electron chi connectivity index (χ1n) is 8.64. The normalized spacial score (nSPS) is 15.0. The van der Waals surface area contributed by atoms with Gasteiger partial charge in [-0.2, -0.15) is 0 Å². The molecule has 1 aliphatic heterocycles. The van der Waals surface area contributed by atoms with Gasteiger partial charge in [-0.05, 0) is 36.8 Å². The maximum Gasteiger partial charge on any atom is 0.226 e. The standard InChI is InChI=1S/C20H24N2O3/c1-15-6-7-19(14-21-15)25-17-8-10-22(11-9-17)20(23)13-16-4-3-5-18(12-16)24-2/h3-7,12,14,17H,8-11,13H2,1-2H3. The highest BCUT2D eigenvalue weighted by Crippen LogP contribution is 2.20. The van der Waals surface area contributed by atoms with E-state index < -0.39 is 0 Å². The molecule has 1 amide bonds. The molecule has 2 aromatic rings. The number of carbonyl (C=O) groups excluding carboxylic acids is 1. The predicted molar refractivity (Wildman–Crippen MR) is 95.9 cm³/mol. The Bertz CT molecular complexity index is 707. The number of hydrogen-bond donors (Lipinski definition) is 0. The molecule has 0 bridgehead atoms. The minimum Gasteiger partial charge on any atom is -0.497 e. The molecule has 1 aromatic carbocycles. The third kappa shape index (κ3) is 4.72. The summed E-state index contributed by atoms with van der Waals surface area (Å²) in [4.78, 5) is 18.7. The molecule has 1 saturated heterocycles. The zero-order valence-corrected chi connectivity index (χ0v) is 14.8. The molecule has 0 spiro atoms. The van der Waals surface area contributed by atoms with Gasteiger partial charge in [0.2, 0.25) is 5.91 Å². The van der Waals surface area contributed by atoms with E-state index in [-0.39, 0.29) is 12.0 Å². The second-order valence-corrected chi connectivity index (χ2v) is 6.36. The Morgan fingerprint density at radius 3 is 2.68 bits per heavy atom. The van der Waals surface area contributed by atoms with Crippen LogP contribution in [0.4, 0.5) is 0 Å². The molecule has 132 valence electrons. The zero-order valence-electron chi connectivity index (χ0n) is 14.8. The lowest BCUT2D eigenvalue weighted by Gasteiger charge is -2.32. The monoisotopic (exact) mass is 340 g/mol. The lowest BCUT2D eigenvalue weighted by molar-refractivity contribution is -0.132. The molecule has 0 N–H and O–H groups in total. The second-order valence-electron chi connectivity index (χ2n) is 6.36. The van der Waals surface area contributed by atoms with Crippen LogP contribution in [0.15, 0.2) is 42.6 Å². The SMILES string of the molecule is COc1cccc(CC(=O)N2CCC(Oc3ccc(C)nc3)CC2)c1. The second kappa shape index (κ2) is 8.01. The van der Waals surface area contributed by atoms with Crippen LogP contribution in [0.2, 0.25) is 0 Å². The van der Waals surface area contributed by atoms with Crippen LogP contribution in [0.1, 0.15) is 24.1 Å². The molecule has 0 saturated carbocycles. The number of piperidine rings is 1. The number of aryl methyl sites for hydroxylation is 1. The molecule has 25 heavy (non-hydrogen) atoms. The first-order valence-corrected chi connectivity index (χ1v) is 8.64. The van der Waals surface area contributed by atoms with Crippen LogP contribution in [-0.2, 0) is 11.2 Å². The smallest absolute Gasteiger partial charge is 0.226 e. The molecule has 0 aliphatic carbocycles. The number of pyridine rings is 1. The average molecular weight is 340 g/mol. The van der Waals surface area contributed by atoms with Gasteiger partial charge >= 0.3 is 0 Å². The van der Waals surface area contributed by atoms with Crippen LogP contribution in [-0.4, -0.2) is 42.1 Å². The number of hydrogen-bond acceptors (Lipinski definition) is 4. The Kier molecular flexibility index (Phi) is 5.53. The third-order valence-corrected chi connectivity index (χ3v) is 4.47. The fourth-order valence-electron chi connectivity index (χ4n) is 3.01. The fourth-order valence-corrected chi connectivity index (χ4v) is 3.01. The van der Waals surface area contributed by atoms with Gasteiger partial charge in [0, 0.05) is 31.6 Å². The van der Waals surface area contributed by atoms with Gasteiger partial charge in [0.15, 0.2) is 0 Å². The van der Waals surface area contributed by atoms with Crippen LogP contribution < -0.4 is 9.47 Å². The predicted octanol–water partition coefficient (Wildman–Crippen LogP) is 3.01. The van der Waals surface area contributed by atoms with E-state index in [1.165, 1.54) is 0 Å². The molecule has 1 fully saturated rings. The summed E-state index contributed by atoms with van der Waals surface area (Å²) in [7, 11) is 1.63. The molecule has 0 atom stereocenters. The lowest BCUT2D eigenvalue weighted by Crippen LogP contribution is -2.42. The third-order valence-electron chi connectivity index (χ3n) is 4.47. The maximum absolute atomic E-state index is 12.5. The molecule has 2 heterocycles. The van der Waals surface area contributed by atoms with Crippen LogP contribution in [0, 0.1) is 6.92 Å². The molecule has 1 aliphatic rings. The van der Waals surface area contributed by atoms with E-state index in [2.05, 4.69) is 4.98 Å². The van der Waals surface area contributed by atoms with Crippen molar-refractivity contribution in [1.29, 1.82) is 0 Å². The van der Waals surface area contributed by atoms with Crippen molar-refractivity contribution in [2.45, 2.75) is 32.3 Å². The lowest BCUT2D eigenvalue weighted by atomic mass is 10.1. The van der Waals surface area contributed by atoms with Gasteiger partial charge in [-0.15, -0.1) is 0 Å². The number of ether oxygens (including phenoxy) is 2. The first-order chi connectivity index (χ1) is 12.1. The molecule has 0 radical (unpaired) electrons. The van der Waals surface area contributed by atoms with Crippen molar-refractivity contribution in [1.82, 2.24) is 9.88 Å². The number of benzene rings is 1. The van der Waals surface area contributed by atoms with Crippen molar-refractivity contribution < 1.29 is 14.3 Å². The van der Waals surface area contributed by atoms with Crippen LogP contribution in [0.25, 0.3) is 0 Å². The van der Waals surface area contributed by atoms with Gasteiger partial charge in [0.05, 0.1) is 19.7 Å². The summed E-state index contributed by atoms with van der Waals surface area (Å²) >= 11 is 0. The van der Waals surface area contributed by atoms with E-state index in [1.54, 1.807) is 13.3 Å². The number of likely N-dealkylation sites (tertiary alicyclic amines) is 1. The maximum atomic E-state index is 12.5. The number of amides is 1. The van der Waals surface area contributed by atoms with Crippen LogP contribution in [0.3, 0.4) is 0 Å². The topological polar surface area (TPSA) is 51.7 Å². The molecule has 5 heteroatoms. The molecule has 1 aromatic heterocycles. The molecule has 0 unspecified atom stereocenters. The van der Waals surface area contributed by atoms with Crippen molar-refractivity contribution in [2.24, 2.45) is 0 Å². The van der Waals surface area contributed by atoms with Gasteiger partial charge in [0.25, 0.3) is 0 Å². The van der Waals surface area contributed by atoms with Gasteiger partial charge in [0.1, 0.15) is 17.6 Å². The number of aromatic nitrogens is 1. The number of carbonyl (C=O) groups is 1. The summed E-state index contributed by atoms with van der Waals surface area (Å²) in [6.07, 6.45) is 4.00. The summed E-state index contributed by atoms with van der Waals surface area (Å²) in [6, 6.07) is 11.6. The number of nitrogens with zero attached hydrogens (tertiary/aromatic N) is 2. The first kappa shape index (κ1) is 17.3. The Hall–Kier alpha value is -2.56. The largest absolute Gasteiger partial charge is 0.497 e. The van der Waals surface area contributed by atoms with Crippen molar-refractivity contribution in [3.63, 3.8) is 0 Å². The minimum absolute atomic E-state index is 0.144. The van der Waals surface area contributed by atoms with E-state index >= 15 is 0 Å². The quantitative estimate of drug-likeness (QED) is 0.839. The number of methoxy groups -OCH3 is 1. The summed E-state index contributed by atoms with van der Waals surface area (Å²) in [5.41, 5.74) is 1.96. The van der Waals surface area contributed by atoms with Crippen molar-refractivity contribution in [3.05, 3.63) is 53.9 Å². The summed E-state index contributed by atoms with van der Waals surface area (Å²) < 4.78 is 11.2. The Balaban J connectivity index is 1.49. The summed E-state index contributed by atoms with van der Waals surface area (Å²) in [5.74, 6) is 1.74. The van der Waals surface area contributed by atoms with Crippen molar-refractivity contribution >= 4 is 5.91 Å². The van der Waals surface area contributed by atoms with E-state index in [0.29, 0.717) is 6.42 Å². The van der Waals surface area contributed by atoms with Gasteiger partial charge < -0.3 is 14.4 Å². The number of rotatable bonds is 5. The molecule has 3 rings (SSSR count).